The van der Waals surface area contributed by atoms with Crippen molar-refractivity contribution in [1.29, 1.82) is 0 Å². The van der Waals surface area contributed by atoms with Crippen LogP contribution in [0.25, 0.3) is 0 Å². The van der Waals surface area contributed by atoms with Gasteiger partial charge >= 0.3 is 5.97 Å². The Morgan fingerprint density at radius 2 is 1.80 bits per heavy atom. The third-order valence-corrected chi connectivity index (χ3v) is 4.54. The number of hydrogen-bond acceptors (Lipinski definition) is 5. The predicted molar refractivity (Wildman–Crippen MR) is 73.9 cm³/mol. The van der Waals surface area contributed by atoms with E-state index < -0.39 is 28.6 Å². The topological polar surface area (TPSA) is 92.7 Å². The first-order chi connectivity index (χ1) is 9.19. The highest BCUT2D eigenvalue weighted by atomic mass is 32.2. The molecule has 0 heterocycles. The second kappa shape index (κ2) is 6.34. The highest BCUT2D eigenvalue weighted by Gasteiger charge is 2.23. The van der Waals surface area contributed by atoms with Gasteiger partial charge < -0.3 is 9.84 Å². The summed E-state index contributed by atoms with van der Waals surface area (Å²) in [6.45, 7) is 4.85. The van der Waals surface area contributed by atoms with Gasteiger partial charge in [0.05, 0.1) is 12.0 Å². The third-order valence-electron chi connectivity index (χ3n) is 2.81. The summed E-state index contributed by atoms with van der Waals surface area (Å²) in [5.74, 6) is -0.884. The fourth-order valence-corrected chi connectivity index (χ4v) is 3.56. The standard InChI is InChI=1S/C13H19NO5S/c1-8-5-9(2)12(10(3)6-8)20(17,18)14-7-11(15)13(16)19-4/h5-6,11,14-15H,7H2,1-4H3. The molecule has 0 fully saturated rings. The molecule has 112 valence electrons. The van der Waals surface area contributed by atoms with Crippen LogP contribution in [0.1, 0.15) is 16.7 Å². The molecule has 20 heavy (non-hydrogen) atoms. The van der Waals surface area contributed by atoms with E-state index >= 15 is 0 Å². The maximum atomic E-state index is 12.2. The zero-order chi connectivity index (χ0) is 15.5. The molecule has 0 aliphatic rings. The van der Waals surface area contributed by atoms with Crippen LogP contribution in [0.3, 0.4) is 0 Å². The number of nitrogens with one attached hydrogen (secondary N) is 1. The number of aliphatic hydroxyl groups is 1. The second-order valence-electron chi connectivity index (χ2n) is 4.62. The molecule has 1 unspecified atom stereocenters. The number of ether oxygens (including phenoxy) is 1. The SMILES string of the molecule is COC(=O)C(O)CNS(=O)(=O)c1c(C)cc(C)cc1C. The molecule has 0 aliphatic carbocycles. The quantitative estimate of drug-likeness (QED) is 0.769. The number of carbonyl (C=O) groups excluding carboxylic acids is 1. The molecule has 0 spiro atoms. The van der Waals surface area contributed by atoms with Crippen molar-refractivity contribution in [2.75, 3.05) is 13.7 Å². The lowest BCUT2D eigenvalue weighted by Gasteiger charge is -2.14. The maximum Gasteiger partial charge on any atom is 0.336 e. The number of benzene rings is 1. The van der Waals surface area contributed by atoms with Gasteiger partial charge in [-0.1, -0.05) is 17.7 Å². The number of aryl methyl sites for hydroxylation is 3. The molecule has 2 N–H and O–H groups in total. The summed E-state index contributed by atoms with van der Waals surface area (Å²) in [4.78, 5) is 11.2. The first-order valence-electron chi connectivity index (χ1n) is 6.02. The molecule has 0 saturated carbocycles. The Hall–Kier alpha value is -1.44. The van der Waals surface area contributed by atoms with E-state index in [0.717, 1.165) is 12.7 Å². The number of rotatable bonds is 5. The monoisotopic (exact) mass is 301 g/mol. The largest absolute Gasteiger partial charge is 0.467 e. The predicted octanol–water partition coefficient (Wildman–Crippen LogP) is 0.424. The minimum absolute atomic E-state index is 0.167. The molecule has 1 rings (SSSR count). The summed E-state index contributed by atoms with van der Waals surface area (Å²) in [5.41, 5.74) is 2.19. The summed E-state index contributed by atoms with van der Waals surface area (Å²) in [5, 5.41) is 9.41. The Balaban J connectivity index is 2.98. The second-order valence-corrected chi connectivity index (χ2v) is 6.32. The fraction of sp³-hybridized carbons (Fsp3) is 0.462. The van der Waals surface area contributed by atoms with Crippen LogP contribution in [0.4, 0.5) is 0 Å². The lowest BCUT2D eigenvalue weighted by atomic mass is 10.1. The Labute approximate surface area is 118 Å². The maximum absolute atomic E-state index is 12.2. The Kier molecular flexibility index (Phi) is 5.27. The van der Waals surface area contributed by atoms with Crippen LogP contribution in [0.5, 0.6) is 0 Å². The molecule has 7 heteroatoms. The van der Waals surface area contributed by atoms with Crippen molar-refractivity contribution in [3.63, 3.8) is 0 Å². The average molecular weight is 301 g/mol. The van der Waals surface area contributed by atoms with Gasteiger partial charge in [-0.05, 0) is 31.9 Å². The number of hydrogen-bond donors (Lipinski definition) is 2. The first kappa shape index (κ1) is 16.6. The summed E-state index contributed by atoms with van der Waals surface area (Å²) in [7, 11) is -2.67. The molecule has 0 amide bonds. The smallest absolute Gasteiger partial charge is 0.336 e. The van der Waals surface area contributed by atoms with Gasteiger partial charge in [0.25, 0.3) is 0 Å². The van der Waals surface area contributed by atoms with E-state index in [9.17, 15) is 18.3 Å². The van der Waals surface area contributed by atoms with Gasteiger partial charge in [-0.15, -0.1) is 0 Å². The zero-order valence-electron chi connectivity index (χ0n) is 11.9. The van der Waals surface area contributed by atoms with Crippen LogP contribution in [0.2, 0.25) is 0 Å². The van der Waals surface area contributed by atoms with Gasteiger partial charge in [-0.25, -0.2) is 17.9 Å². The van der Waals surface area contributed by atoms with Crippen molar-refractivity contribution in [3.05, 3.63) is 28.8 Å². The molecule has 1 atom stereocenters. The van der Waals surface area contributed by atoms with Crippen LogP contribution in [-0.4, -0.2) is 39.3 Å². The molecule has 0 aromatic heterocycles. The van der Waals surface area contributed by atoms with E-state index in [1.165, 1.54) is 0 Å². The summed E-state index contributed by atoms with van der Waals surface area (Å²) < 4.78 is 31.0. The van der Waals surface area contributed by atoms with Crippen molar-refractivity contribution < 1.29 is 23.1 Å². The van der Waals surface area contributed by atoms with Crippen molar-refractivity contribution in [2.45, 2.75) is 31.8 Å². The van der Waals surface area contributed by atoms with Crippen LogP contribution in [-0.2, 0) is 19.6 Å². The normalized spacial score (nSPS) is 13.1. The van der Waals surface area contributed by atoms with Gasteiger partial charge in [0, 0.05) is 6.54 Å². The highest BCUT2D eigenvalue weighted by Crippen LogP contribution is 2.21. The van der Waals surface area contributed by atoms with Gasteiger partial charge in [0.2, 0.25) is 10.0 Å². The molecule has 1 aromatic rings. The molecule has 6 nitrogen and oxygen atoms in total. The first-order valence-corrected chi connectivity index (χ1v) is 7.50. The van der Waals surface area contributed by atoms with Crippen molar-refractivity contribution in [1.82, 2.24) is 4.72 Å². The van der Waals surface area contributed by atoms with Gasteiger partial charge in [0.15, 0.2) is 6.10 Å². The molecule has 0 radical (unpaired) electrons. The van der Waals surface area contributed by atoms with E-state index in [1.54, 1.807) is 26.0 Å². The van der Waals surface area contributed by atoms with E-state index in [0.29, 0.717) is 11.1 Å². The average Bonchev–Trinajstić information content (AvgIpc) is 2.33. The van der Waals surface area contributed by atoms with Gasteiger partial charge in [0.1, 0.15) is 0 Å². The fourth-order valence-electron chi connectivity index (χ4n) is 2.07. The van der Waals surface area contributed by atoms with Crippen molar-refractivity contribution >= 4 is 16.0 Å². The van der Waals surface area contributed by atoms with Crippen molar-refractivity contribution in [3.8, 4) is 0 Å². The van der Waals surface area contributed by atoms with E-state index in [2.05, 4.69) is 9.46 Å². The van der Waals surface area contributed by atoms with Crippen LogP contribution in [0.15, 0.2) is 17.0 Å². The van der Waals surface area contributed by atoms with Crippen LogP contribution in [0, 0.1) is 20.8 Å². The number of aliphatic hydroxyl groups excluding tert-OH is 1. The van der Waals surface area contributed by atoms with Gasteiger partial charge in [-0.3, -0.25) is 0 Å². The number of sulfonamides is 1. The lowest BCUT2D eigenvalue weighted by molar-refractivity contribution is -0.149. The van der Waals surface area contributed by atoms with Crippen LogP contribution < -0.4 is 4.72 Å². The highest BCUT2D eigenvalue weighted by molar-refractivity contribution is 7.89. The minimum atomic E-state index is -3.79. The lowest BCUT2D eigenvalue weighted by Crippen LogP contribution is -2.37. The third kappa shape index (κ3) is 3.78. The Morgan fingerprint density at radius 3 is 2.25 bits per heavy atom. The van der Waals surface area contributed by atoms with Gasteiger partial charge in [-0.2, -0.15) is 0 Å². The number of esters is 1. The minimum Gasteiger partial charge on any atom is -0.467 e. The van der Waals surface area contributed by atoms with E-state index in [4.69, 9.17) is 0 Å². The molecular weight excluding hydrogens is 282 g/mol. The summed E-state index contributed by atoms with van der Waals surface area (Å²) in [6.07, 6.45) is -1.53. The Morgan fingerprint density at radius 1 is 1.30 bits per heavy atom. The summed E-state index contributed by atoms with van der Waals surface area (Å²) >= 11 is 0. The number of methoxy groups -OCH3 is 1. The zero-order valence-corrected chi connectivity index (χ0v) is 12.7. The molecule has 1 aromatic carbocycles. The molecule has 0 aliphatic heterocycles. The molecule has 0 bridgehead atoms. The van der Waals surface area contributed by atoms with E-state index in [1.807, 2.05) is 6.92 Å². The molecule has 0 saturated heterocycles. The number of carbonyl (C=O) groups is 1. The van der Waals surface area contributed by atoms with E-state index in [-0.39, 0.29) is 4.90 Å². The molecular formula is C13H19NO5S. The van der Waals surface area contributed by atoms with Crippen LogP contribution >= 0.6 is 0 Å². The Bertz CT molecular complexity index is 586. The summed E-state index contributed by atoms with van der Waals surface area (Å²) in [6, 6.07) is 3.52. The van der Waals surface area contributed by atoms with Crippen molar-refractivity contribution in [2.24, 2.45) is 0 Å².